The largest absolute Gasteiger partial charge is 0.311 e. The van der Waals surface area contributed by atoms with Gasteiger partial charge in [0.25, 0.3) is 0 Å². The van der Waals surface area contributed by atoms with Gasteiger partial charge in [-0.3, -0.25) is 0 Å². The number of rotatable bonds is 3. The third kappa shape index (κ3) is 2.01. The minimum absolute atomic E-state index is 0.197. The normalized spacial score (nSPS) is 12.4. The smallest absolute Gasteiger partial charge is 0.0561 e. The molecule has 0 aliphatic rings. The van der Waals surface area contributed by atoms with Crippen LogP contribution in [-0.4, -0.2) is 7.05 Å². The summed E-state index contributed by atoms with van der Waals surface area (Å²) in [5.74, 6) is 2.62. The maximum Gasteiger partial charge on any atom is 0.0561 e. The summed E-state index contributed by atoms with van der Waals surface area (Å²) in [7, 11) is 1.89. The van der Waals surface area contributed by atoms with Crippen LogP contribution in [0, 0.1) is 12.3 Å². The van der Waals surface area contributed by atoms with Gasteiger partial charge in [-0.1, -0.05) is 11.6 Å². The Bertz CT molecular complexity index is 287. The van der Waals surface area contributed by atoms with Crippen LogP contribution in [0.25, 0.3) is 0 Å². The molecular formula is C9H10ClNS. The van der Waals surface area contributed by atoms with Gasteiger partial charge in [-0.2, -0.15) is 0 Å². The highest BCUT2D eigenvalue weighted by molar-refractivity contribution is 7.10. The quantitative estimate of drug-likeness (QED) is 0.739. The van der Waals surface area contributed by atoms with Crippen LogP contribution in [0.1, 0.15) is 17.3 Å². The minimum atomic E-state index is 0.197. The first-order valence-corrected chi connectivity index (χ1v) is 4.89. The lowest BCUT2D eigenvalue weighted by atomic mass is 10.2. The standard InChI is InChI=1S/C9H10ClNS/c1-3-4-8(11-2)9-7(10)5-6-12-9/h1,5-6,8,11H,4H2,2H3. The molecule has 1 aromatic rings. The Morgan fingerprint density at radius 2 is 2.58 bits per heavy atom. The molecule has 64 valence electrons. The van der Waals surface area contributed by atoms with E-state index in [-0.39, 0.29) is 6.04 Å². The third-order valence-corrected chi connectivity index (χ3v) is 3.10. The van der Waals surface area contributed by atoms with Crippen LogP contribution in [0.5, 0.6) is 0 Å². The Kier molecular flexibility index (Phi) is 3.61. The molecular weight excluding hydrogens is 190 g/mol. The molecule has 1 rings (SSSR count). The highest BCUT2D eigenvalue weighted by Gasteiger charge is 2.12. The van der Waals surface area contributed by atoms with Crippen LogP contribution in [-0.2, 0) is 0 Å². The van der Waals surface area contributed by atoms with E-state index in [2.05, 4.69) is 11.2 Å². The highest BCUT2D eigenvalue weighted by Crippen LogP contribution is 2.29. The van der Waals surface area contributed by atoms with Gasteiger partial charge in [0.1, 0.15) is 0 Å². The van der Waals surface area contributed by atoms with Crippen molar-refractivity contribution in [1.82, 2.24) is 5.32 Å². The van der Waals surface area contributed by atoms with Gasteiger partial charge in [-0.05, 0) is 18.5 Å². The summed E-state index contributed by atoms with van der Waals surface area (Å²) in [6.45, 7) is 0. The molecule has 0 amide bonds. The molecule has 0 saturated carbocycles. The molecule has 12 heavy (non-hydrogen) atoms. The van der Waals surface area contributed by atoms with Crippen molar-refractivity contribution in [2.24, 2.45) is 0 Å². The maximum absolute atomic E-state index is 5.95. The van der Waals surface area contributed by atoms with Crippen molar-refractivity contribution in [2.75, 3.05) is 7.05 Å². The van der Waals surface area contributed by atoms with E-state index in [4.69, 9.17) is 18.0 Å². The van der Waals surface area contributed by atoms with Crippen molar-refractivity contribution in [3.8, 4) is 12.3 Å². The van der Waals surface area contributed by atoms with Gasteiger partial charge >= 0.3 is 0 Å². The van der Waals surface area contributed by atoms with E-state index in [1.165, 1.54) is 0 Å². The molecule has 0 bridgehead atoms. The fourth-order valence-corrected chi connectivity index (χ4v) is 2.30. The molecule has 0 spiro atoms. The number of hydrogen-bond acceptors (Lipinski definition) is 2. The average Bonchev–Trinajstić information content (AvgIpc) is 2.47. The molecule has 0 aliphatic carbocycles. The molecule has 0 aliphatic heterocycles. The molecule has 0 aromatic carbocycles. The molecule has 1 unspecified atom stereocenters. The highest BCUT2D eigenvalue weighted by atomic mass is 35.5. The van der Waals surface area contributed by atoms with Gasteiger partial charge < -0.3 is 5.32 Å². The molecule has 1 N–H and O–H groups in total. The minimum Gasteiger partial charge on any atom is -0.311 e. The van der Waals surface area contributed by atoms with E-state index >= 15 is 0 Å². The number of thiophene rings is 1. The van der Waals surface area contributed by atoms with Gasteiger partial charge in [0.15, 0.2) is 0 Å². The zero-order valence-corrected chi connectivity index (χ0v) is 8.38. The van der Waals surface area contributed by atoms with Gasteiger partial charge in [0.2, 0.25) is 0 Å². The van der Waals surface area contributed by atoms with E-state index in [1.54, 1.807) is 11.3 Å². The van der Waals surface area contributed by atoms with Gasteiger partial charge in [-0.25, -0.2) is 0 Å². The Labute approximate surface area is 81.7 Å². The second-order valence-corrected chi connectivity index (χ2v) is 3.74. The summed E-state index contributed by atoms with van der Waals surface area (Å²) in [5.41, 5.74) is 0. The van der Waals surface area contributed by atoms with Crippen molar-refractivity contribution in [3.63, 3.8) is 0 Å². The SMILES string of the molecule is C#CCC(NC)c1sccc1Cl. The van der Waals surface area contributed by atoms with Crippen molar-refractivity contribution in [1.29, 1.82) is 0 Å². The molecule has 3 heteroatoms. The van der Waals surface area contributed by atoms with Crippen LogP contribution >= 0.6 is 22.9 Å². The van der Waals surface area contributed by atoms with E-state index < -0.39 is 0 Å². The molecule has 0 fully saturated rings. The number of hydrogen-bond donors (Lipinski definition) is 1. The Balaban J connectivity index is 2.81. The summed E-state index contributed by atoms with van der Waals surface area (Å²) in [6, 6.07) is 2.09. The second-order valence-electron chi connectivity index (χ2n) is 2.38. The topological polar surface area (TPSA) is 12.0 Å². The average molecular weight is 200 g/mol. The fourth-order valence-electron chi connectivity index (χ4n) is 0.998. The molecule has 1 nitrogen and oxygen atoms in total. The third-order valence-electron chi connectivity index (χ3n) is 1.63. The van der Waals surface area contributed by atoms with Gasteiger partial charge in [0, 0.05) is 11.3 Å². The van der Waals surface area contributed by atoms with Crippen molar-refractivity contribution >= 4 is 22.9 Å². The summed E-state index contributed by atoms with van der Waals surface area (Å²) in [4.78, 5) is 1.12. The first-order valence-electron chi connectivity index (χ1n) is 3.63. The zero-order valence-electron chi connectivity index (χ0n) is 6.80. The van der Waals surface area contributed by atoms with Crippen LogP contribution in [0.4, 0.5) is 0 Å². The first kappa shape index (κ1) is 9.60. The Morgan fingerprint density at radius 3 is 3.00 bits per heavy atom. The van der Waals surface area contributed by atoms with E-state index in [0.717, 1.165) is 9.90 Å². The van der Waals surface area contributed by atoms with Crippen LogP contribution < -0.4 is 5.32 Å². The van der Waals surface area contributed by atoms with Crippen molar-refractivity contribution < 1.29 is 0 Å². The second kappa shape index (κ2) is 4.51. The Hall–Kier alpha value is -0.490. The summed E-state index contributed by atoms with van der Waals surface area (Å²) in [6.07, 6.45) is 5.91. The molecule has 0 saturated heterocycles. The predicted molar refractivity (Wildman–Crippen MR) is 54.6 cm³/mol. The van der Waals surface area contributed by atoms with Crippen molar-refractivity contribution in [2.45, 2.75) is 12.5 Å². The first-order chi connectivity index (χ1) is 5.79. The van der Waals surface area contributed by atoms with E-state index in [1.807, 2.05) is 18.5 Å². The van der Waals surface area contributed by atoms with Crippen LogP contribution in [0.15, 0.2) is 11.4 Å². The molecule has 1 atom stereocenters. The summed E-state index contributed by atoms with van der Waals surface area (Å²) >= 11 is 7.58. The lowest BCUT2D eigenvalue weighted by Crippen LogP contribution is -2.14. The van der Waals surface area contributed by atoms with E-state index in [9.17, 15) is 0 Å². The zero-order chi connectivity index (χ0) is 8.97. The molecule has 1 heterocycles. The van der Waals surface area contributed by atoms with Crippen LogP contribution in [0.3, 0.4) is 0 Å². The molecule has 0 radical (unpaired) electrons. The van der Waals surface area contributed by atoms with Gasteiger partial charge in [-0.15, -0.1) is 23.7 Å². The summed E-state index contributed by atoms with van der Waals surface area (Å²) in [5, 5.41) is 5.90. The van der Waals surface area contributed by atoms with Crippen molar-refractivity contribution in [3.05, 3.63) is 21.3 Å². The lowest BCUT2D eigenvalue weighted by Gasteiger charge is -2.10. The molecule has 1 aromatic heterocycles. The number of terminal acetylenes is 1. The lowest BCUT2D eigenvalue weighted by molar-refractivity contribution is 0.622. The summed E-state index contributed by atoms with van der Waals surface area (Å²) < 4.78 is 0. The number of nitrogens with one attached hydrogen (secondary N) is 1. The van der Waals surface area contributed by atoms with E-state index in [0.29, 0.717) is 6.42 Å². The predicted octanol–water partition coefficient (Wildman–Crippen LogP) is 2.69. The monoisotopic (exact) mass is 199 g/mol. The fraction of sp³-hybridized carbons (Fsp3) is 0.333. The number of halogens is 1. The van der Waals surface area contributed by atoms with Gasteiger partial charge in [0.05, 0.1) is 11.1 Å². The Morgan fingerprint density at radius 1 is 1.83 bits per heavy atom. The van der Waals surface area contributed by atoms with Crippen LogP contribution in [0.2, 0.25) is 5.02 Å². The maximum atomic E-state index is 5.95.